The Morgan fingerprint density at radius 1 is 1.19 bits per heavy atom. The maximum atomic E-state index is 11.8. The average molecular weight is 356 g/mol. The number of amides is 1. The monoisotopic (exact) mass is 356 g/mol. The van der Waals surface area contributed by atoms with Gasteiger partial charge in [-0.15, -0.1) is 0 Å². The second kappa shape index (κ2) is 6.36. The van der Waals surface area contributed by atoms with Gasteiger partial charge in [-0.1, -0.05) is 42.5 Å². The van der Waals surface area contributed by atoms with Crippen molar-refractivity contribution in [2.24, 2.45) is 10.7 Å². The van der Waals surface area contributed by atoms with Gasteiger partial charge in [-0.25, -0.2) is 4.98 Å². The topological polar surface area (TPSA) is 73.3 Å². The summed E-state index contributed by atoms with van der Waals surface area (Å²) in [5.41, 5.74) is 13.5. The lowest BCUT2D eigenvalue weighted by molar-refractivity contribution is 0.0995. The Balaban J connectivity index is 2.03. The van der Waals surface area contributed by atoms with E-state index in [1.165, 1.54) is 0 Å². The second-order valence-corrected chi connectivity index (χ2v) is 6.77. The van der Waals surface area contributed by atoms with Crippen molar-refractivity contribution in [3.63, 3.8) is 0 Å². The third-order valence-corrected chi connectivity index (χ3v) is 4.89. The number of aryl methyl sites for hydroxylation is 1. The molecule has 2 N–H and O–H groups in total. The largest absolute Gasteiger partial charge is 0.364 e. The molecule has 2 aromatic carbocycles. The number of benzene rings is 2. The first-order valence-electron chi connectivity index (χ1n) is 8.74. The molecule has 1 amide bonds. The molecular weight excluding hydrogens is 336 g/mol. The van der Waals surface area contributed by atoms with E-state index in [1.807, 2.05) is 35.8 Å². The Morgan fingerprint density at radius 3 is 2.67 bits per heavy atom. The van der Waals surface area contributed by atoms with Crippen LogP contribution in [0.2, 0.25) is 0 Å². The van der Waals surface area contributed by atoms with Gasteiger partial charge >= 0.3 is 0 Å². The van der Waals surface area contributed by atoms with Crippen LogP contribution in [0.3, 0.4) is 0 Å². The van der Waals surface area contributed by atoms with Crippen molar-refractivity contribution in [3.8, 4) is 5.69 Å². The smallest absolute Gasteiger partial charge is 0.269 e. The maximum absolute atomic E-state index is 11.8. The summed E-state index contributed by atoms with van der Waals surface area (Å²) in [6, 6.07) is 14.3. The fraction of sp³-hybridized carbons (Fsp3) is 0.136. The van der Waals surface area contributed by atoms with Crippen LogP contribution in [0.5, 0.6) is 0 Å². The molecule has 0 saturated carbocycles. The summed E-state index contributed by atoms with van der Waals surface area (Å²) in [4.78, 5) is 20.9. The zero-order valence-electron chi connectivity index (χ0n) is 15.4. The molecule has 0 radical (unpaired) electrons. The van der Waals surface area contributed by atoms with Crippen LogP contribution in [0.15, 0.2) is 60.4 Å². The van der Waals surface area contributed by atoms with Gasteiger partial charge in [0.05, 0.1) is 23.6 Å². The molecular formula is C22H20N4O. The van der Waals surface area contributed by atoms with Gasteiger partial charge in [0, 0.05) is 11.1 Å². The van der Waals surface area contributed by atoms with E-state index in [2.05, 4.69) is 36.7 Å². The Labute approximate surface area is 157 Å². The summed E-state index contributed by atoms with van der Waals surface area (Å²) in [7, 11) is 0. The average Bonchev–Trinajstić information content (AvgIpc) is 3.00. The Kier molecular flexibility index (Phi) is 4.00. The lowest BCUT2D eigenvalue weighted by Gasteiger charge is -2.15. The molecule has 0 atom stereocenters. The van der Waals surface area contributed by atoms with Crippen LogP contribution in [0.4, 0.5) is 0 Å². The van der Waals surface area contributed by atoms with Crippen molar-refractivity contribution >= 4 is 17.2 Å². The number of aromatic nitrogens is 2. The van der Waals surface area contributed by atoms with Crippen LogP contribution in [0.1, 0.15) is 45.4 Å². The molecule has 1 aliphatic heterocycles. The second-order valence-electron chi connectivity index (χ2n) is 6.77. The SMILES string of the molecule is C=C(C)c1ccc2c(c1)C(c1ccccc1C)=NCc1c(C(N)=O)ncn1-2. The summed E-state index contributed by atoms with van der Waals surface area (Å²) in [5, 5.41) is 0. The molecule has 0 unspecified atom stereocenters. The molecule has 0 bridgehead atoms. The number of fused-ring (bicyclic) bond motifs is 3. The zero-order valence-corrected chi connectivity index (χ0v) is 15.4. The minimum absolute atomic E-state index is 0.264. The van der Waals surface area contributed by atoms with Gasteiger partial charge in [0.2, 0.25) is 0 Å². The molecule has 1 aliphatic rings. The molecule has 4 rings (SSSR count). The van der Waals surface area contributed by atoms with Crippen molar-refractivity contribution in [3.05, 3.63) is 89.0 Å². The van der Waals surface area contributed by atoms with E-state index in [9.17, 15) is 4.79 Å². The van der Waals surface area contributed by atoms with Crippen molar-refractivity contribution in [2.75, 3.05) is 0 Å². The predicted octanol–water partition coefficient (Wildman–Crippen LogP) is 3.66. The number of nitrogens with two attached hydrogens (primary N) is 1. The highest BCUT2D eigenvalue weighted by molar-refractivity contribution is 6.16. The minimum Gasteiger partial charge on any atom is -0.364 e. The molecule has 2 heterocycles. The number of carbonyl (C=O) groups is 1. The number of carbonyl (C=O) groups excluding carboxylic acids is 1. The quantitative estimate of drug-likeness (QED) is 0.778. The van der Waals surface area contributed by atoms with E-state index in [1.54, 1.807) is 6.33 Å². The number of primary amides is 1. The Hall–Kier alpha value is -3.47. The van der Waals surface area contributed by atoms with Crippen LogP contribution in [0, 0.1) is 6.92 Å². The van der Waals surface area contributed by atoms with Crippen LogP contribution < -0.4 is 5.73 Å². The molecule has 27 heavy (non-hydrogen) atoms. The lowest BCUT2D eigenvalue weighted by Crippen LogP contribution is -2.14. The highest BCUT2D eigenvalue weighted by atomic mass is 16.1. The van der Waals surface area contributed by atoms with E-state index in [0.29, 0.717) is 12.2 Å². The summed E-state index contributed by atoms with van der Waals surface area (Å²) in [6.07, 6.45) is 1.64. The molecule has 5 nitrogen and oxygen atoms in total. The van der Waals surface area contributed by atoms with Crippen LogP contribution in [-0.4, -0.2) is 21.2 Å². The van der Waals surface area contributed by atoms with E-state index in [0.717, 1.165) is 39.2 Å². The van der Waals surface area contributed by atoms with Crippen molar-refractivity contribution < 1.29 is 4.79 Å². The summed E-state index contributed by atoms with van der Waals surface area (Å²) in [6.45, 7) is 8.45. The molecule has 0 spiro atoms. The predicted molar refractivity (Wildman–Crippen MR) is 107 cm³/mol. The van der Waals surface area contributed by atoms with E-state index >= 15 is 0 Å². The summed E-state index contributed by atoms with van der Waals surface area (Å²) >= 11 is 0. The highest BCUT2D eigenvalue weighted by Gasteiger charge is 2.24. The number of nitrogens with zero attached hydrogens (tertiary/aromatic N) is 3. The third-order valence-electron chi connectivity index (χ3n) is 4.89. The molecule has 1 aromatic heterocycles. The van der Waals surface area contributed by atoms with Gasteiger partial charge in [-0.3, -0.25) is 14.4 Å². The fourth-order valence-electron chi connectivity index (χ4n) is 3.45. The fourth-order valence-corrected chi connectivity index (χ4v) is 3.45. The van der Waals surface area contributed by atoms with Gasteiger partial charge in [-0.05, 0) is 37.1 Å². The van der Waals surface area contributed by atoms with Crippen molar-refractivity contribution in [1.29, 1.82) is 0 Å². The van der Waals surface area contributed by atoms with Gasteiger partial charge in [0.1, 0.15) is 6.33 Å². The Morgan fingerprint density at radius 2 is 1.96 bits per heavy atom. The first-order chi connectivity index (χ1) is 13.0. The molecule has 3 aromatic rings. The molecule has 134 valence electrons. The first kappa shape index (κ1) is 17.0. The van der Waals surface area contributed by atoms with Gasteiger partial charge < -0.3 is 5.73 Å². The number of hydrogen-bond acceptors (Lipinski definition) is 3. The molecule has 0 fully saturated rings. The molecule has 0 aliphatic carbocycles. The van der Waals surface area contributed by atoms with E-state index in [-0.39, 0.29) is 5.69 Å². The van der Waals surface area contributed by atoms with Crippen molar-refractivity contribution in [2.45, 2.75) is 20.4 Å². The van der Waals surface area contributed by atoms with Crippen LogP contribution in [-0.2, 0) is 6.54 Å². The minimum atomic E-state index is -0.543. The van der Waals surface area contributed by atoms with Crippen LogP contribution >= 0.6 is 0 Å². The molecule has 5 heteroatoms. The van der Waals surface area contributed by atoms with Gasteiger partial charge in [-0.2, -0.15) is 0 Å². The van der Waals surface area contributed by atoms with Crippen LogP contribution in [0.25, 0.3) is 11.3 Å². The van der Waals surface area contributed by atoms with Gasteiger partial charge in [0.15, 0.2) is 5.69 Å². The number of hydrogen-bond donors (Lipinski definition) is 1. The number of rotatable bonds is 3. The van der Waals surface area contributed by atoms with Gasteiger partial charge in [0.25, 0.3) is 5.91 Å². The van der Waals surface area contributed by atoms with E-state index in [4.69, 9.17) is 10.7 Å². The molecule has 0 saturated heterocycles. The number of aliphatic imine (C=N–C) groups is 1. The maximum Gasteiger partial charge on any atom is 0.269 e. The Bertz CT molecular complexity index is 1120. The highest BCUT2D eigenvalue weighted by Crippen LogP contribution is 2.29. The summed E-state index contributed by atoms with van der Waals surface area (Å²) < 4.78 is 1.91. The standard InChI is InChI=1S/C22H20N4O/c1-13(2)15-8-9-18-17(10-15)20(16-7-5-4-6-14(16)3)24-11-19-21(22(23)27)25-12-26(18)19/h4-10,12H,1,11H2,2-3H3,(H2,23,27). The third kappa shape index (κ3) is 2.77. The normalized spacial score (nSPS) is 12.6. The number of imidazole rings is 1. The van der Waals surface area contributed by atoms with E-state index < -0.39 is 5.91 Å². The number of allylic oxidation sites excluding steroid dienone is 1. The summed E-state index contributed by atoms with van der Waals surface area (Å²) in [5.74, 6) is -0.543. The zero-order chi connectivity index (χ0) is 19.1. The first-order valence-corrected chi connectivity index (χ1v) is 8.74. The van der Waals surface area contributed by atoms with Crippen molar-refractivity contribution in [1.82, 2.24) is 9.55 Å². The lowest BCUT2D eigenvalue weighted by atomic mass is 9.94.